The van der Waals surface area contributed by atoms with Crippen molar-refractivity contribution in [3.63, 3.8) is 0 Å². The van der Waals surface area contributed by atoms with Crippen LogP contribution in [0, 0.1) is 6.92 Å². The summed E-state index contributed by atoms with van der Waals surface area (Å²) in [5.74, 6) is 1.05. The molecule has 2 aliphatic heterocycles. The summed E-state index contributed by atoms with van der Waals surface area (Å²) in [7, 11) is 2.07. The summed E-state index contributed by atoms with van der Waals surface area (Å²) in [6, 6.07) is -0.0786. The number of nitrogens with zero attached hydrogens (tertiary/aromatic N) is 4. The number of aromatic nitrogens is 2. The minimum atomic E-state index is -0.0786. The number of piperazine rings is 1. The molecule has 0 spiro atoms. The number of carbonyl (C=O) groups excluding carboxylic acids is 1. The van der Waals surface area contributed by atoms with Crippen LogP contribution in [0.15, 0.2) is 4.52 Å². The van der Waals surface area contributed by atoms with Crippen LogP contribution in [0.5, 0.6) is 0 Å². The summed E-state index contributed by atoms with van der Waals surface area (Å²) >= 11 is 1.54. The lowest BCUT2D eigenvalue weighted by Gasteiger charge is -2.32. The highest BCUT2D eigenvalue weighted by Gasteiger charge is 2.28. The van der Waals surface area contributed by atoms with Crippen molar-refractivity contribution in [2.75, 3.05) is 45.2 Å². The van der Waals surface area contributed by atoms with Crippen LogP contribution in [-0.4, -0.2) is 65.8 Å². The van der Waals surface area contributed by atoms with Gasteiger partial charge in [0.15, 0.2) is 5.82 Å². The topological polar surface area (TPSA) is 83.7 Å². The Bertz CT molecular complexity index is 779. The van der Waals surface area contributed by atoms with Crippen molar-refractivity contribution in [2.24, 2.45) is 0 Å². The van der Waals surface area contributed by atoms with Crippen LogP contribution in [-0.2, 0) is 17.8 Å². The van der Waals surface area contributed by atoms with E-state index in [0.717, 1.165) is 53.6 Å². The Morgan fingerprint density at radius 2 is 2.08 bits per heavy atom. The number of likely N-dealkylation sites (N-methyl/N-ethyl adjacent to an activating group) is 1. The number of hydrogen-bond acceptors (Lipinski definition) is 7. The third-order valence-electron chi connectivity index (χ3n) is 4.57. The number of rotatable bonds is 2. The van der Waals surface area contributed by atoms with Gasteiger partial charge in [-0.05, 0) is 26.0 Å². The van der Waals surface area contributed by atoms with E-state index >= 15 is 0 Å². The third kappa shape index (κ3) is 3.26. The molecule has 4 rings (SSSR count). The van der Waals surface area contributed by atoms with Gasteiger partial charge < -0.3 is 19.1 Å². The lowest BCUT2D eigenvalue weighted by Crippen LogP contribution is -2.48. The molecule has 1 N–H and O–H groups in total. The first-order valence-electron chi connectivity index (χ1n) is 8.39. The molecule has 2 aromatic rings. The minimum Gasteiger partial charge on any atom is -0.376 e. The van der Waals surface area contributed by atoms with E-state index in [2.05, 4.69) is 27.4 Å². The predicted octanol–water partition coefficient (Wildman–Crippen LogP) is 1.96. The number of ether oxygens (including phenoxy) is 1. The number of anilines is 1. The Balaban J connectivity index is 1.62. The zero-order valence-electron chi connectivity index (χ0n) is 14.4. The van der Waals surface area contributed by atoms with Gasteiger partial charge in [0.2, 0.25) is 0 Å². The molecule has 2 aromatic heterocycles. The summed E-state index contributed by atoms with van der Waals surface area (Å²) in [6.07, 6.45) is 0.785. The molecule has 2 amide bonds. The van der Waals surface area contributed by atoms with Crippen molar-refractivity contribution in [2.45, 2.75) is 20.0 Å². The van der Waals surface area contributed by atoms with Gasteiger partial charge in [0.25, 0.3) is 5.89 Å². The fourth-order valence-electron chi connectivity index (χ4n) is 3.13. The zero-order valence-corrected chi connectivity index (χ0v) is 15.2. The van der Waals surface area contributed by atoms with E-state index in [1.165, 1.54) is 11.3 Å². The number of nitrogens with one attached hydrogen (secondary N) is 1. The first-order valence-corrected chi connectivity index (χ1v) is 9.21. The maximum absolute atomic E-state index is 12.7. The SMILES string of the molecule is Cc1noc(-c2c(NC(=O)N3CCN(C)CC3)sc3c2CCOC3)n1. The average Bonchev–Trinajstić information content (AvgIpc) is 3.18. The molecule has 134 valence electrons. The number of hydrogen-bond donors (Lipinski definition) is 1. The van der Waals surface area contributed by atoms with Crippen molar-refractivity contribution in [3.05, 3.63) is 16.3 Å². The van der Waals surface area contributed by atoms with Gasteiger partial charge in [-0.1, -0.05) is 5.16 Å². The van der Waals surface area contributed by atoms with E-state index < -0.39 is 0 Å². The van der Waals surface area contributed by atoms with E-state index in [4.69, 9.17) is 9.26 Å². The molecule has 0 atom stereocenters. The monoisotopic (exact) mass is 363 g/mol. The van der Waals surface area contributed by atoms with Crippen LogP contribution in [0.3, 0.4) is 0 Å². The van der Waals surface area contributed by atoms with E-state index in [0.29, 0.717) is 24.9 Å². The first-order chi connectivity index (χ1) is 12.1. The van der Waals surface area contributed by atoms with Gasteiger partial charge in [-0.3, -0.25) is 5.32 Å². The summed E-state index contributed by atoms with van der Waals surface area (Å²) in [6.45, 7) is 6.24. The quantitative estimate of drug-likeness (QED) is 0.878. The van der Waals surface area contributed by atoms with E-state index in [1.54, 1.807) is 6.92 Å². The molecule has 1 fully saturated rings. The molecule has 25 heavy (non-hydrogen) atoms. The van der Waals surface area contributed by atoms with Crippen molar-refractivity contribution in [1.29, 1.82) is 0 Å². The largest absolute Gasteiger partial charge is 0.376 e. The summed E-state index contributed by atoms with van der Waals surface area (Å²) in [5, 5.41) is 7.73. The second-order valence-electron chi connectivity index (χ2n) is 6.38. The maximum Gasteiger partial charge on any atom is 0.322 e. The molecule has 2 aliphatic rings. The highest BCUT2D eigenvalue weighted by atomic mass is 32.1. The van der Waals surface area contributed by atoms with Crippen molar-refractivity contribution >= 4 is 22.4 Å². The Labute approximate surface area is 149 Å². The molecular formula is C16H21N5O3S. The molecule has 1 saturated heterocycles. The number of urea groups is 1. The number of thiophene rings is 1. The van der Waals surface area contributed by atoms with Gasteiger partial charge in [-0.2, -0.15) is 4.98 Å². The first kappa shape index (κ1) is 16.5. The molecule has 0 unspecified atom stereocenters. The Kier molecular flexibility index (Phi) is 4.45. The van der Waals surface area contributed by atoms with Crippen LogP contribution < -0.4 is 5.32 Å². The van der Waals surface area contributed by atoms with Gasteiger partial charge in [0.05, 0.1) is 18.8 Å². The fraction of sp³-hybridized carbons (Fsp3) is 0.562. The van der Waals surface area contributed by atoms with Crippen LogP contribution in [0.25, 0.3) is 11.5 Å². The van der Waals surface area contributed by atoms with Gasteiger partial charge in [0.1, 0.15) is 5.00 Å². The molecule has 0 saturated carbocycles. The Morgan fingerprint density at radius 1 is 1.28 bits per heavy atom. The van der Waals surface area contributed by atoms with Crippen molar-refractivity contribution < 1.29 is 14.1 Å². The third-order valence-corrected chi connectivity index (χ3v) is 5.69. The summed E-state index contributed by atoms with van der Waals surface area (Å²) < 4.78 is 10.9. The molecular weight excluding hydrogens is 342 g/mol. The minimum absolute atomic E-state index is 0.0786. The highest BCUT2D eigenvalue weighted by molar-refractivity contribution is 7.17. The van der Waals surface area contributed by atoms with Gasteiger partial charge in [-0.25, -0.2) is 4.79 Å². The van der Waals surface area contributed by atoms with Gasteiger partial charge in [-0.15, -0.1) is 11.3 Å². The molecule has 8 nitrogen and oxygen atoms in total. The van der Waals surface area contributed by atoms with Gasteiger partial charge in [0, 0.05) is 31.1 Å². The lowest BCUT2D eigenvalue weighted by atomic mass is 10.1. The van der Waals surface area contributed by atoms with Crippen LogP contribution in [0.2, 0.25) is 0 Å². The summed E-state index contributed by atoms with van der Waals surface area (Å²) in [5.41, 5.74) is 2.00. The molecule has 9 heteroatoms. The van der Waals surface area contributed by atoms with Crippen molar-refractivity contribution in [1.82, 2.24) is 19.9 Å². The van der Waals surface area contributed by atoms with Crippen LogP contribution in [0.1, 0.15) is 16.3 Å². The van der Waals surface area contributed by atoms with Crippen molar-refractivity contribution in [3.8, 4) is 11.5 Å². The molecule has 0 bridgehead atoms. The standard InChI is InChI=1S/C16H21N5O3S/c1-10-17-14(24-19-10)13-11-3-8-23-9-12(11)25-15(13)18-16(22)21-6-4-20(2)5-7-21/h3-9H2,1-2H3,(H,18,22). The van der Waals surface area contributed by atoms with Crippen LogP contribution >= 0.6 is 11.3 Å². The Hall–Kier alpha value is -1.97. The van der Waals surface area contributed by atoms with E-state index in [1.807, 2.05) is 4.90 Å². The number of amides is 2. The maximum atomic E-state index is 12.7. The lowest BCUT2D eigenvalue weighted by molar-refractivity contribution is 0.113. The normalized spacial score (nSPS) is 18.2. The number of fused-ring (bicyclic) bond motifs is 1. The smallest absolute Gasteiger partial charge is 0.322 e. The fourth-order valence-corrected chi connectivity index (χ4v) is 4.30. The number of carbonyl (C=O) groups is 1. The zero-order chi connectivity index (χ0) is 17.4. The van der Waals surface area contributed by atoms with Crippen LogP contribution in [0.4, 0.5) is 9.80 Å². The second kappa shape index (κ2) is 6.74. The highest BCUT2D eigenvalue weighted by Crippen LogP contribution is 2.42. The summed E-state index contributed by atoms with van der Waals surface area (Å²) in [4.78, 5) is 22.2. The average molecular weight is 363 g/mol. The molecule has 0 aromatic carbocycles. The van der Waals surface area contributed by atoms with E-state index in [-0.39, 0.29) is 6.03 Å². The van der Waals surface area contributed by atoms with Gasteiger partial charge >= 0.3 is 6.03 Å². The number of aryl methyl sites for hydroxylation is 1. The molecule has 0 aliphatic carbocycles. The van der Waals surface area contributed by atoms with E-state index in [9.17, 15) is 4.79 Å². The molecule has 0 radical (unpaired) electrons. The second-order valence-corrected chi connectivity index (χ2v) is 7.48. The Morgan fingerprint density at radius 3 is 2.80 bits per heavy atom. The molecule has 4 heterocycles. The predicted molar refractivity (Wildman–Crippen MR) is 93.8 cm³/mol.